The zero-order valence-corrected chi connectivity index (χ0v) is 11.5. The first-order valence-electron chi connectivity index (χ1n) is 6.96. The van der Waals surface area contributed by atoms with Gasteiger partial charge in [0, 0.05) is 5.56 Å². The van der Waals surface area contributed by atoms with Gasteiger partial charge in [0.1, 0.15) is 5.82 Å². The Morgan fingerprint density at radius 2 is 1.84 bits per heavy atom. The van der Waals surface area contributed by atoms with Crippen molar-refractivity contribution in [2.75, 3.05) is 0 Å². The molecule has 1 heteroatoms. The van der Waals surface area contributed by atoms with Gasteiger partial charge in [0.05, 0.1) is 0 Å². The van der Waals surface area contributed by atoms with Gasteiger partial charge in [0.25, 0.3) is 0 Å². The lowest BCUT2D eigenvalue weighted by atomic mass is 9.72. The second-order valence-electron chi connectivity index (χ2n) is 6.09. The van der Waals surface area contributed by atoms with Crippen molar-refractivity contribution in [2.24, 2.45) is 0 Å². The molecule has 0 aliphatic heterocycles. The third-order valence-electron chi connectivity index (χ3n) is 4.27. The second-order valence-corrected chi connectivity index (χ2v) is 6.09. The minimum Gasteiger partial charge on any atom is -0.206 e. The summed E-state index contributed by atoms with van der Waals surface area (Å²) >= 11 is 0. The number of hydrogen-bond acceptors (Lipinski definition) is 0. The van der Waals surface area contributed by atoms with E-state index in [0.29, 0.717) is 5.56 Å². The Labute approximate surface area is 114 Å². The van der Waals surface area contributed by atoms with E-state index in [2.05, 4.69) is 32.0 Å². The lowest BCUT2D eigenvalue weighted by Gasteiger charge is -2.33. The van der Waals surface area contributed by atoms with Gasteiger partial charge in [0.15, 0.2) is 0 Å². The molecule has 2 aromatic carbocycles. The summed E-state index contributed by atoms with van der Waals surface area (Å²) in [6, 6.07) is 13.4. The highest BCUT2D eigenvalue weighted by Crippen LogP contribution is 2.39. The molecule has 0 aromatic heterocycles. The van der Waals surface area contributed by atoms with Gasteiger partial charge < -0.3 is 0 Å². The van der Waals surface area contributed by atoms with Gasteiger partial charge in [-0.15, -0.1) is 0 Å². The molecule has 0 amide bonds. The molecule has 0 nitrogen and oxygen atoms in total. The van der Waals surface area contributed by atoms with Crippen LogP contribution in [-0.4, -0.2) is 0 Å². The van der Waals surface area contributed by atoms with E-state index < -0.39 is 0 Å². The highest BCUT2D eigenvalue weighted by Gasteiger charge is 2.27. The fourth-order valence-electron chi connectivity index (χ4n) is 3.14. The highest BCUT2D eigenvalue weighted by molar-refractivity contribution is 5.66. The van der Waals surface area contributed by atoms with Crippen molar-refractivity contribution in [1.82, 2.24) is 0 Å². The van der Waals surface area contributed by atoms with Crippen molar-refractivity contribution < 1.29 is 4.39 Å². The monoisotopic (exact) mass is 254 g/mol. The van der Waals surface area contributed by atoms with Gasteiger partial charge in [-0.1, -0.05) is 50.2 Å². The first-order chi connectivity index (χ1) is 9.08. The molecule has 0 saturated heterocycles. The molecule has 2 aromatic rings. The third-order valence-corrected chi connectivity index (χ3v) is 4.27. The quantitative estimate of drug-likeness (QED) is 0.663. The maximum Gasteiger partial charge on any atom is 0.131 e. The molecule has 0 N–H and O–H groups in total. The van der Waals surface area contributed by atoms with E-state index in [0.717, 1.165) is 12.0 Å². The zero-order valence-electron chi connectivity index (χ0n) is 11.5. The first kappa shape index (κ1) is 12.4. The summed E-state index contributed by atoms with van der Waals surface area (Å²) in [6.45, 7) is 4.58. The highest BCUT2D eigenvalue weighted by atomic mass is 19.1. The SMILES string of the molecule is CC1(C)CCCc2ccc(-c3ccccc3F)cc21. The molecule has 0 saturated carbocycles. The Bertz CT molecular complexity index is 611. The summed E-state index contributed by atoms with van der Waals surface area (Å²) in [7, 11) is 0. The van der Waals surface area contributed by atoms with Crippen LogP contribution in [0.5, 0.6) is 0 Å². The molecule has 19 heavy (non-hydrogen) atoms. The first-order valence-corrected chi connectivity index (χ1v) is 6.96. The van der Waals surface area contributed by atoms with Gasteiger partial charge in [-0.2, -0.15) is 0 Å². The topological polar surface area (TPSA) is 0 Å². The predicted octanol–water partition coefficient (Wildman–Crippen LogP) is 5.11. The van der Waals surface area contributed by atoms with E-state index in [1.807, 2.05) is 12.1 Å². The number of aryl methyl sites for hydroxylation is 1. The van der Waals surface area contributed by atoms with Crippen molar-refractivity contribution >= 4 is 0 Å². The van der Waals surface area contributed by atoms with E-state index in [-0.39, 0.29) is 11.2 Å². The lowest BCUT2D eigenvalue weighted by molar-refractivity contribution is 0.432. The van der Waals surface area contributed by atoms with Crippen LogP contribution in [0.3, 0.4) is 0 Å². The molecule has 1 aliphatic rings. The van der Waals surface area contributed by atoms with E-state index in [4.69, 9.17) is 0 Å². The Balaban J connectivity index is 2.14. The van der Waals surface area contributed by atoms with Gasteiger partial charge in [-0.3, -0.25) is 0 Å². The Morgan fingerprint density at radius 3 is 2.63 bits per heavy atom. The van der Waals surface area contributed by atoms with Crippen molar-refractivity contribution in [3.8, 4) is 11.1 Å². The van der Waals surface area contributed by atoms with Crippen LogP contribution in [0.4, 0.5) is 4.39 Å². The average molecular weight is 254 g/mol. The Kier molecular flexibility index (Phi) is 2.93. The summed E-state index contributed by atoms with van der Waals surface area (Å²) in [4.78, 5) is 0. The maximum absolute atomic E-state index is 13.9. The van der Waals surface area contributed by atoms with Crippen molar-refractivity contribution in [3.63, 3.8) is 0 Å². The molecule has 0 atom stereocenters. The molecule has 0 bridgehead atoms. The molecule has 3 rings (SSSR count). The van der Waals surface area contributed by atoms with Crippen LogP contribution in [0.25, 0.3) is 11.1 Å². The van der Waals surface area contributed by atoms with Crippen molar-refractivity contribution in [3.05, 3.63) is 59.4 Å². The number of benzene rings is 2. The molecular formula is C18H19F. The minimum absolute atomic E-state index is 0.143. The largest absolute Gasteiger partial charge is 0.206 e. The van der Waals surface area contributed by atoms with Gasteiger partial charge in [-0.05, 0) is 47.4 Å². The van der Waals surface area contributed by atoms with Crippen LogP contribution in [0.1, 0.15) is 37.8 Å². The number of rotatable bonds is 1. The van der Waals surface area contributed by atoms with Crippen LogP contribution >= 0.6 is 0 Å². The summed E-state index contributed by atoms with van der Waals surface area (Å²) in [5.74, 6) is -0.143. The van der Waals surface area contributed by atoms with Crippen LogP contribution in [0, 0.1) is 5.82 Å². The summed E-state index contributed by atoms with van der Waals surface area (Å²) in [6.07, 6.45) is 3.61. The number of hydrogen-bond donors (Lipinski definition) is 0. The Hall–Kier alpha value is -1.63. The van der Waals surface area contributed by atoms with E-state index in [1.165, 1.54) is 30.0 Å². The van der Waals surface area contributed by atoms with E-state index in [1.54, 1.807) is 6.07 Å². The van der Waals surface area contributed by atoms with Gasteiger partial charge in [0.2, 0.25) is 0 Å². The maximum atomic E-state index is 13.9. The van der Waals surface area contributed by atoms with Gasteiger partial charge >= 0.3 is 0 Å². The molecule has 0 unspecified atom stereocenters. The smallest absolute Gasteiger partial charge is 0.131 e. The van der Waals surface area contributed by atoms with Crippen molar-refractivity contribution in [2.45, 2.75) is 38.5 Å². The second kappa shape index (κ2) is 4.48. The predicted molar refractivity (Wildman–Crippen MR) is 77.8 cm³/mol. The molecule has 98 valence electrons. The number of halogens is 1. The number of fused-ring (bicyclic) bond motifs is 1. The summed E-state index contributed by atoms with van der Waals surface area (Å²) < 4.78 is 13.9. The Morgan fingerprint density at radius 1 is 1.05 bits per heavy atom. The van der Waals surface area contributed by atoms with Crippen LogP contribution in [0.2, 0.25) is 0 Å². The average Bonchev–Trinajstić information content (AvgIpc) is 2.39. The zero-order chi connectivity index (χ0) is 13.5. The van der Waals surface area contributed by atoms with Crippen LogP contribution in [0.15, 0.2) is 42.5 Å². The van der Waals surface area contributed by atoms with Crippen LogP contribution in [-0.2, 0) is 11.8 Å². The lowest BCUT2D eigenvalue weighted by Crippen LogP contribution is -2.23. The summed E-state index contributed by atoms with van der Waals surface area (Å²) in [5, 5.41) is 0. The fraction of sp³-hybridized carbons (Fsp3) is 0.333. The minimum atomic E-state index is -0.143. The van der Waals surface area contributed by atoms with Crippen molar-refractivity contribution in [1.29, 1.82) is 0 Å². The molecular weight excluding hydrogens is 235 g/mol. The fourth-order valence-corrected chi connectivity index (χ4v) is 3.14. The van der Waals surface area contributed by atoms with Gasteiger partial charge in [-0.25, -0.2) is 4.39 Å². The summed E-state index contributed by atoms with van der Waals surface area (Å²) in [5.41, 5.74) is 4.71. The van der Waals surface area contributed by atoms with E-state index >= 15 is 0 Å². The molecule has 0 radical (unpaired) electrons. The van der Waals surface area contributed by atoms with E-state index in [9.17, 15) is 4.39 Å². The molecule has 0 fully saturated rings. The van der Waals surface area contributed by atoms with Crippen LogP contribution < -0.4 is 0 Å². The standard InChI is InChI=1S/C18H19F/c1-18(2)11-5-6-13-9-10-14(12-16(13)18)15-7-3-4-8-17(15)19/h3-4,7-10,12H,5-6,11H2,1-2H3. The molecule has 0 spiro atoms. The molecule has 1 aliphatic carbocycles. The molecule has 0 heterocycles. The normalized spacial score (nSPS) is 17.0. The third kappa shape index (κ3) is 2.18.